The van der Waals surface area contributed by atoms with Crippen LogP contribution in [0, 0.1) is 0 Å². The molecule has 0 saturated heterocycles. The van der Waals surface area contributed by atoms with E-state index in [1.54, 1.807) is 0 Å². The van der Waals surface area contributed by atoms with Gasteiger partial charge in [0.25, 0.3) is 0 Å². The quantitative estimate of drug-likeness (QED) is 0.124. The van der Waals surface area contributed by atoms with Gasteiger partial charge in [0, 0.05) is 31.8 Å². The van der Waals surface area contributed by atoms with Gasteiger partial charge in [-0.25, -0.2) is 9.97 Å². The van der Waals surface area contributed by atoms with Crippen LogP contribution in [-0.4, -0.2) is 9.97 Å². The van der Waals surface area contributed by atoms with Crippen LogP contribution in [0.2, 0.25) is 0 Å². The molecule has 10 aromatic carbocycles. The lowest BCUT2D eigenvalue weighted by molar-refractivity contribution is 1.18. The van der Waals surface area contributed by atoms with Crippen molar-refractivity contribution in [1.82, 2.24) is 9.97 Å². The van der Waals surface area contributed by atoms with Gasteiger partial charge in [-0.1, -0.05) is 182 Å². The van der Waals surface area contributed by atoms with Crippen LogP contribution >= 0.6 is 11.3 Å². The lowest BCUT2D eigenvalue weighted by Crippen LogP contribution is -1.96. The fourth-order valence-electron chi connectivity index (χ4n) is 9.03. The second kappa shape index (κ2) is 14.5. The van der Waals surface area contributed by atoms with Crippen molar-refractivity contribution in [3.63, 3.8) is 0 Å². The van der Waals surface area contributed by atoms with E-state index in [4.69, 9.17) is 9.97 Å². The number of benzene rings is 10. The SMILES string of the molecule is c1ccc(-c2nc(-c3ccc(-c4ccc5cc(-c6c7ccccc7cc7c6ccc6ccccc67)ccc5c4)cc3)cc(-c3ccccc3-c3cc4ccccc4s3)n2)cc1. The van der Waals surface area contributed by atoms with Gasteiger partial charge in [0.05, 0.1) is 11.4 Å². The Morgan fingerprint density at radius 2 is 0.902 bits per heavy atom. The van der Waals surface area contributed by atoms with E-state index in [9.17, 15) is 0 Å². The van der Waals surface area contributed by atoms with Gasteiger partial charge in [-0.3, -0.25) is 0 Å². The summed E-state index contributed by atoms with van der Waals surface area (Å²) in [5.74, 6) is 0.710. The lowest BCUT2D eigenvalue weighted by Gasteiger charge is -2.15. The van der Waals surface area contributed by atoms with Gasteiger partial charge in [-0.2, -0.15) is 0 Å². The molecule has 0 spiro atoms. The van der Waals surface area contributed by atoms with Crippen LogP contribution in [0.25, 0.3) is 120 Å². The summed E-state index contributed by atoms with van der Waals surface area (Å²) in [5.41, 5.74) is 10.9. The van der Waals surface area contributed by atoms with E-state index < -0.39 is 0 Å². The first kappa shape index (κ1) is 35.2. The van der Waals surface area contributed by atoms with E-state index in [1.807, 2.05) is 29.5 Å². The predicted molar refractivity (Wildman–Crippen MR) is 260 cm³/mol. The molecule has 0 bridgehead atoms. The molecule has 0 N–H and O–H groups in total. The highest BCUT2D eigenvalue weighted by Crippen LogP contribution is 2.42. The third kappa shape index (κ3) is 6.26. The van der Waals surface area contributed by atoms with Gasteiger partial charge in [0.2, 0.25) is 0 Å². The first-order valence-corrected chi connectivity index (χ1v) is 21.5. The third-order valence-corrected chi connectivity index (χ3v) is 13.2. The highest BCUT2D eigenvalue weighted by molar-refractivity contribution is 7.22. The molecule has 0 saturated carbocycles. The average molecular weight is 793 g/mol. The Balaban J connectivity index is 0.912. The summed E-state index contributed by atoms with van der Waals surface area (Å²) in [5, 5.41) is 11.3. The maximum absolute atomic E-state index is 5.19. The summed E-state index contributed by atoms with van der Waals surface area (Å²) in [6, 6.07) is 78.8. The minimum absolute atomic E-state index is 0.710. The number of hydrogen-bond donors (Lipinski definition) is 0. The standard InChI is InChI=1S/C58H36N2S/c1-2-13-40(14-3-1)58-59-53(36-54(60-58)49-19-9-10-20-50(49)56-35-45-16-6-11-21-55(45)61-56)39-24-22-37(23-25-39)41-26-27-43-33-46(29-28-42(43)32-41)57-48-18-8-5-15-44(48)34-52-47-17-7-4-12-38(47)30-31-51(52)57/h1-36H. The molecule has 0 aliphatic carbocycles. The van der Waals surface area contributed by atoms with E-state index in [1.165, 1.54) is 80.3 Å². The van der Waals surface area contributed by atoms with Crippen LogP contribution in [0.3, 0.4) is 0 Å². The first-order chi connectivity index (χ1) is 30.2. The van der Waals surface area contributed by atoms with E-state index in [-0.39, 0.29) is 0 Å². The molecule has 61 heavy (non-hydrogen) atoms. The number of hydrogen-bond acceptors (Lipinski definition) is 3. The molecule has 0 aliphatic rings. The van der Waals surface area contributed by atoms with Crippen molar-refractivity contribution in [3.05, 3.63) is 218 Å². The van der Waals surface area contributed by atoms with Crippen molar-refractivity contribution < 1.29 is 0 Å². The maximum atomic E-state index is 5.19. The molecule has 2 nitrogen and oxygen atoms in total. The van der Waals surface area contributed by atoms with Crippen LogP contribution in [0.15, 0.2) is 218 Å². The zero-order valence-electron chi connectivity index (χ0n) is 33.1. The zero-order valence-corrected chi connectivity index (χ0v) is 33.9. The van der Waals surface area contributed by atoms with Crippen molar-refractivity contribution >= 4 is 64.5 Å². The Hall–Kier alpha value is -7.72. The Morgan fingerprint density at radius 1 is 0.295 bits per heavy atom. The van der Waals surface area contributed by atoms with Crippen molar-refractivity contribution in [1.29, 1.82) is 0 Å². The van der Waals surface area contributed by atoms with Crippen molar-refractivity contribution in [2.75, 3.05) is 0 Å². The molecule has 0 radical (unpaired) electrons. The number of nitrogens with zero attached hydrogens (tertiary/aromatic N) is 2. The van der Waals surface area contributed by atoms with Crippen molar-refractivity contribution in [2.24, 2.45) is 0 Å². The molecule has 12 aromatic rings. The molecule has 3 heteroatoms. The molecular weight excluding hydrogens is 757 g/mol. The molecule has 0 amide bonds. The first-order valence-electron chi connectivity index (χ1n) is 20.7. The van der Waals surface area contributed by atoms with Gasteiger partial charge in [-0.15, -0.1) is 11.3 Å². The molecule has 12 rings (SSSR count). The van der Waals surface area contributed by atoms with E-state index in [0.717, 1.165) is 33.6 Å². The highest BCUT2D eigenvalue weighted by atomic mass is 32.1. The van der Waals surface area contributed by atoms with Gasteiger partial charge in [0.15, 0.2) is 5.82 Å². The summed E-state index contributed by atoms with van der Waals surface area (Å²) in [7, 11) is 0. The average Bonchev–Trinajstić information content (AvgIpc) is 3.78. The van der Waals surface area contributed by atoms with Gasteiger partial charge in [0.1, 0.15) is 0 Å². The van der Waals surface area contributed by atoms with Crippen LogP contribution in [0.1, 0.15) is 0 Å². The van der Waals surface area contributed by atoms with Crippen LogP contribution in [-0.2, 0) is 0 Å². The molecule has 0 aliphatic heterocycles. The van der Waals surface area contributed by atoms with E-state index in [2.05, 4.69) is 200 Å². The van der Waals surface area contributed by atoms with Crippen molar-refractivity contribution in [2.45, 2.75) is 0 Å². The van der Waals surface area contributed by atoms with E-state index in [0.29, 0.717) is 5.82 Å². The van der Waals surface area contributed by atoms with Crippen LogP contribution in [0.4, 0.5) is 0 Å². The number of rotatable bonds is 6. The normalized spacial score (nSPS) is 11.6. The molecule has 0 unspecified atom stereocenters. The summed E-state index contributed by atoms with van der Waals surface area (Å²) in [6.07, 6.45) is 0. The summed E-state index contributed by atoms with van der Waals surface area (Å²) in [4.78, 5) is 11.6. The van der Waals surface area contributed by atoms with Crippen LogP contribution < -0.4 is 0 Å². The van der Waals surface area contributed by atoms with Gasteiger partial charge >= 0.3 is 0 Å². The topological polar surface area (TPSA) is 25.8 Å². The minimum atomic E-state index is 0.710. The third-order valence-electron chi connectivity index (χ3n) is 12.1. The Labute approximate surface area is 357 Å². The minimum Gasteiger partial charge on any atom is -0.228 e. The molecule has 2 aromatic heterocycles. The number of fused-ring (bicyclic) bond motifs is 6. The van der Waals surface area contributed by atoms with E-state index >= 15 is 0 Å². The molecule has 0 fully saturated rings. The molecular formula is C58H36N2S. The van der Waals surface area contributed by atoms with Gasteiger partial charge < -0.3 is 0 Å². The monoisotopic (exact) mass is 792 g/mol. The fourth-order valence-corrected chi connectivity index (χ4v) is 10.1. The smallest absolute Gasteiger partial charge is 0.160 e. The Morgan fingerprint density at radius 3 is 1.72 bits per heavy atom. The fraction of sp³-hybridized carbons (Fsp3) is 0. The number of aromatic nitrogens is 2. The highest BCUT2D eigenvalue weighted by Gasteiger charge is 2.17. The maximum Gasteiger partial charge on any atom is 0.160 e. The zero-order chi connectivity index (χ0) is 40.3. The van der Waals surface area contributed by atoms with Crippen molar-refractivity contribution in [3.8, 4) is 66.6 Å². The largest absolute Gasteiger partial charge is 0.228 e. The Bertz CT molecular complexity index is 3610. The molecule has 2 heterocycles. The summed E-state index contributed by atoms with van der Waals surface area (Å²) in [6.45, 7) is 0. The number of thiophene rings is 1. The summed E-state index contributed by atoms with van der Waals surface area (Å²) < 4.78 is 1.28. The second-order valence-electron chi connectivity index (χ2n) is 15.7. The van der Waals surface area contributed by atoms with Gasteiger partial charge in [-0.05, 0) is 107 Å². The molecule has 284 valence electrons. The molecule has 0 atom stereocenters. The van der Waals surface area contributed by atoms with Crippen LogP contribution in [0.5, 0.6) is 0 Å². The second-order valence-corrected chi connectivity index (χ2v) is 16.8. The summed E-state index contributed by atoms with van der Waals surface area (Å²) >= 11 is 1.82. The lowest BCUT2D eigenvalue weighted by atomic mass is 9.89. The Kier molecular flexibility index (Phi) is 8.39. The predicted octanol–water partition coefficient (Wildman–Crippen LogP) is 16.3.